The molecule has 70 valence electrons. The highest BCUT2D eigenvalue weighted by Crippen LogP contribution is 2.22. The van der Waals surface area contributed by atoms with Gasteiger partial charge in [0.25, 0.3) is 0 Å². The molecule has 0 heterocycles. The molecule has 0 aliphatic rings. The van der Waals surface area contributed by atoms with E-state index in [4.69, 9.17) is 23.2 Å². The minimum atomic E-state index is -0.726. The Kier molecular flexibility index (Phi) is 3.79. The van der Waals surface area contributed by atoms with E-state index in [-0.39, 0.29) is 0 Å². The average Bonchev–Trinajstić information content (AvgIpc) is 2.17. The number of hydrogen-bond donors (Lipinski definition) is 1. The maximum atomic E-state index is 9.63. The smallest absolute Gasteiger partial charge is 0.0988 e. The Morgan fingerprint density at radius 2 is 1.85 bits per heavy atom. The summed E-state index contributed by atoms with van der Waals surface area (Å²) in [6.07, 6.45) is 0.775. The van der Waals surface area contributed by atoms with E-state index in [0.29, 0.717) is 5.02 Å². The van der Waals surface area contributed by atoms with Crippen molar-refractivity contribution in [2.24, 2.45) is 0 Å². The molecule has 1 aromatic carbocycles. The molecule has 0 radical (unpaired) electrons. The fourth-order valence-electron chi connectivity index (χ4n) is 0.973. The maximum absolute atomic E-state index is 9.63. The van der Waals surface area contributed by atoms with E-state index in [2.05, 4.69) is 6.58 Å². The van der Waals surface area contributed by atoms with E-state index in [1.165, 1.54) is 6.08 Å². The van der Waals surface area contributed by atoms with E-state index >= 15 is 0 Å². The lowest BCUT2D eigenvalue weighted by atomic mass is 10.1. The predicted molar refractivity (Wildman–Crippen MR) is 56.2 cm³/mol. The lowest BCUT2D eigenvalue weighted by molar-refractivity contribution is 0.185. The van der Waals surface area contributed by atoms with E-state index in [1.807, 2.05) is 0 Å². The molecule has 0 bridgehead atoms. The molecule has 0 amide bonds. The van der Waals surface area contributed by atoms with Gasteiger partial charge in [-0.2, -0.15) is 0 Å². The van der Waals surface area contributed by atoms with Crippen LogP contribution in [0.25, 0.3) is 0 Å². The quantitative estimate of drug-likeness (QED) is 0.609. The summed E-state index contributed by atoms with van der Waals surface area (Å²) >= 11 is 11.5. The molecule has 0 spiro atoms. The van der Waals surface area contributed by atoms with Crippen molar-refractivity contribution in [2.45, 2.75) is 11.5 Å². The predicted octanol–water partition coefficient (Wildman–Crippen LogP) is 3.17. The fourth-order valence-corrected chi connectivity index (χ4v) is 1.24. The van der Waals surface area contributed by atoms with E-state index in [9.17, 15) is 5.11 Å². The molecule has 0 fully saturated rings. The van der Waals surface area contributed by atoms with Gasteiger partial charge in [-0.15, -0.1) is 18.2 Å². The largest absolute Gasteiger partial charge is 0.387 e. The van der Waals surface area contributed by atoms with E-state index in [1.54, 1.807) is 24.3 Å². The summed E-state index contributed by atoms with van der Waals surface area (Å²) in [4.78, 5) is 0. The molecule has 3 heteroatoms. The molecule has 1 nitrogen and oxygen atoms in total. The Hall–Kier alpha value is -0.500. The van der Waals surface area contributed by atoms with Gasteiger partial charge >= 0.3 is 0 Å². The number of alkyl halides is 1. The lowest BCUT2D eigenvalue weighted by Crippen LogP contribution is -2.08. The van der Waals surface area contributed by atoms with Crippen LogP contribution < -0.4 is 0 Å². The number of aliphatic hydroxyl groups excluding tert-OH is 1. The molecule has 0 unspecified atom stereocenters. The highest BCUT2D eigenvalue weighted by atomic mass is 35.5. The van der Waals surface area contributed by atoms with Gasteiger partial charge in [0.15, 0.2) is 0 Å². The first-order valence-electron chi connectivity index (χ1n) is 3.85. The van der Waals surface area contributed by atoms with Gasteiger partial charge in [0.2, 0.25) is 0 Å². The van der Waals surface area contributed by atoms with Gasteiger partial charge in [-0.25, -0.2) is 0 Å². The Labute approximate surface area is 87.6 Å². The van der Waals surface area contributed by atoms with E-state index < -0.39 is 11.5 Å². The second-order valence-corrected chi connectivity index (χ2v) is 3.62. The third-order valence-electron chi connectivity index (χ3n) is 1.74. The molecule has 2 atom stereocenters. The first kappa shape index (κ1) is 10.6. The third kappa shape index (κ3) is 2.73. The molecule has 1 N–H and O–H groups in total. The number of benzene rings is 1. The van der Waals surface area contributed by atoms with Crippen molar-refractivity contribution < 1.29 is 5.11 Å². The SMILES string of the molecule is C=C[C@@H](Cl)[C@@H](O)c1ccc(Cl)cc1. The molecule has 1 rings (SSSR count). The van der Waals surface area contributed by atoms with Crippen LogP contribution >= 0.6 is 23.2 Å². The normalized spacial score (nSPS) is 15.0. The van der Waals surface area contributed by atoms with Crippen LogP contribution in [0.4, 0.5) is 0 Å². The van der Waals surface area contributed by atoms with E-state index in [0.717, 1.165) is 5.56 Å². The summed E-state index contributed by atoms with van der Waals surface area (Å²) < 4.78 is 0. The Balaban J connectivity index is 2.82. The van der Waals surface area contributed by atoms with Crippen molar-refractivity contribution in [1.29, 1.82) is 0 Å². The van der Waals surface area contributed by atoms with Crippen LogP contribution in [-0.4, -0.2) is 10.5 Å². The molecule has 0 saturated carbocycles. The summed E-state index contributed by atoms with van der Waals surface area (Å²) in [6.45, 7) is 3.51. The van der Waals surface area contributed by atoms with Gasteiger partial charge in [-0.3, -0.25) is 0 Å². The standard InChI is InChI=1S/C10H10Cl2O/c1-2-9(12)10(13)7-3-5-8(11)6-4-7/h2-6,9-10,13H,1H2/t9-,10+/m1/s1. The number of rotatable bonds is 3. The Morgan fingerprint density at radius 3 is 2.31 bits per heavy atom. The summed E-state index contributed by atoms with van der Waals surface area (Å²) in [6, 6.07) is 6.91. The minimum absolute atomic E-state index is 0.471. The molecule has 13 heavy (non-hydrogen) atoms. The first-order chi connectivity index (χ1) is 6.15. The Bertz CT molecular complexity index is 281. The van der Waals surface area contributed by atoms with Crippen LogP contribution in [0.1, 0.15) is 11.7 Å². The topological polar surface area (TPSA) is 20.2 Å². The second-order valence-electron chi connectivity index (χ2n) is 2.68. The van der Waals surface area contributed by atoms with Crippen molar-refractivity contribution in [3.63, 3.8) is 0 Å². The molecule has 0 aliphatic carbocycles. The van der Waals surface area contributed by atoms with Crippen molar-refractivity contribution in [2.75, 3.05) is 0 Å². The van der Waals surface area contributed by atoms with Crippen molar-refractivity contribution in [3.8, 4) is 0 Å². The van der Waals surface area contributed by atoms with Crippen LogP contribution in [0.5, 0.6) is 0 Å². The molecule has 0 saturated heterocycles. The van der Waals surface area contributed by atoms with Gasteiger partial charge in [-0.1, -0.05) is 29.8 Å². The van der Waals surface area contributed by atoms with Crippen LogP contribution in [0.3, 0.4) is 0 Å². The van der Waals surface area contributed by atoms with Gasteiger partial charge in [-0.05, 0) is 17.7 Å². The average molecular weight is 217 g/mol. The third-order valence-corrected chi connectivity index (χ3v) is 2.41. The number of halogens is 2. The number of hydrogen-bond acceptors (Lipinski definition) is 1. The molecule has 0 aromatic heterocycles. The zero-order valence-electron chi connectivity index (χ0n) is 6.95. The zero-order valence-corrected chi connectivity index (χ0v) is 8.46. The monoisotopic (exact) mass is 216 g/mol. The van der Waals surface area contributed by atoms with Crippen LogP contribution in [0.2, 0.25) is 5.02 Å². The first-order valence-corrected chi connectivity index (χ1v) is 4.66. The van der Waals surface area contributed by atoms with Gasteiger partial charge in [0, 0.05) is 5.02 Å². The summed E-state index contributed by atoms with van der Waals surface area (Å²) in [5.74, 6) is 0. The van der Waals surface area contributed by atoms with Crippen LogP contribution in [0, 0.1) is 0 Å². The molecular weight excluding hydrogens is 207 g/mol. The van der Waals surface area contributed by atoms with Crippen LogP contribution in [-0.2, 0) is 0 Å². The minimum Gasteiger partial charge on any atom is -0.387 e. The zero-order chi connectivity index (χ0) is 9.84. The van der Waals surface area contributed by atoms with Gasteiger partial charge in [0.05, 0.1) is 11.5 Å². The van der Waals surface area contributed by atoms with Crippen LogP contribution in [0.15, 0.2) is 36.9 Å². The summed E-state index contributed by atoms with van der Waals surface area (Å²) in [7, 11) is 0. The molecule has 1 aromatic rings. The fraction of sp³-hybridized carbons (Fsp3) is 0.200. The van der Waals surface area contributed by atoms with Crippen molar-refractivity contribution in [3.05, 3.63) is 47.5 Å². The summed E-state index contributed by atoms with van der Waals surface area (Å²) in [5, 5.41) is 9.80. The highest BCUT2D eigenvalue weighted by molar-refractivity contribution is 6.30. The second kappa shape index (κ2) is 4.66. The Morgan fingerprint density at radius 1 is 1.31 bits per heavy atom. The molecular formula is C10H10Cl2O. The number of aliphatic hydroxyl groups is 1. The highest BCUT2D eigenvalue weighted by Gasteiger charge is 2.14. The van der Waals surface area contributed by atoms with Gasteiger partial charge in [0.1, 0.15) is 0 Å². The van der Waals surface area contributed by atoms with Gasteiger partial charge < -0.3 is 5.11 Å². The van der Waals surface area contributed by atoms with Crippen molar-refractivity contribution in [1.82, 2.24) is 0 Å². The molecule has 0 aliphatic heterocycles. The maximum Gasteiger partial charge on any atom is 0.0988 e. The lowest BCUT2D eigenvalue weighted by Gasteiger charge is -2.13. The summed E-state index contributed by atoms with van der Waals surface area (Å²) in [5.41, 5.74) is 0.740. The van der Waals surface area contributed by atoms with Crippen molar-refractivity contribution >= 4 is 23.2 Å².